The van der Waals surface area contributed by atoms with Crippen molar-refractivity contribution in [2.75, 3.05) is 0 Å². The van der Waals surface area contributed by atoms with E-state index in [-0.39, 0.29) is 18.9 Å². The number of carbonyl (C=O) groups is 3. The van der Waals surface area contributed by atoms with Crippen LogP contribution in [0.5, 0.6) is 0 Å². The molecule has 37 heavy (non-hydrogen) atoms. The Labute approximate surface area is 217 Å². The van der Waals surface area contributed by atoms with Gasteiger partial charge in [0.15, 0.2) is 6.10 Å². The number of pyridine rings is 1. The van der Waals surface area contributed by atoms with Crippen molar-refractivity contribution in [2.45, 2.75) is 52.1 Å². The molecule has 0 spiro atoms. The Hall–Kier alpha value is -3.36. The van der Waals surface area contributed by atoms with Gasteiger partial charge in [0.1, 0.15) is 10.7 Å². The second-order valence-corrected chi connectivity index (χ2v) is 10.0. The van der Waals surface area contributed by atoms with Crippen LogP contribution in [0, 0.1) is 6.92 Å². The predicted molar refractivity (Wildman–Crippen MR) is 128 cm³/mol. The number of carbonyl (C=O) groups excluding carboxylic acids is 3. The molecule has 0 saturated carbocycles. The number of rotatable bonds is 9. The van der Waals surface area contributed by atoms with E-state index >= 15 is 0 Å². The maximum absolute atomic E-state index is 12.7. The molecule has 1 N–H and O–H groups in total. The molecule has 0 aliphatic rings. The number of halogens is 3. The van der Waals surface area contributed by atoms with Crippen LogP contribution in [0.2, 0.25) is 0 Å². The Bertz CT molecular complexity index is 1240. The highest BCUT2D eigenvalue weighted by molar-refractivity contribution is 7.21. The van der Waals surface area contributed by atoms with E-state index in [1.807, 2.05) is 24.4 Å². The predicted octanol–water partition coefficient (Wildman–Crippen LogP) is 4.40. The second-order valence-electron chi connectivity index (χ2n) is 7.89. The zero-order chi connectivity index (χ0) is 27.2. The van der Waals surface area contributed by atoms with Gasteiger partial charge in [0.05, 0.1) is 23.2 Å². The first kappa shape index (κ1) is 28.2. The van der Waals surface area contributed by atoms with Gasteiger partial charge in [0, 0.05) is 17.5 Å². The van der Waals surface area contributed by atoms with E-state index in [4.69, 9.17) is 4.74 Å². The summed E-state index contributed by atoms with van der Waals surface area (Å²) < 4.78 is 42.3. The fourth-order valence-electron chi connectivity index (χ4n) is 3.03. The molecule has 0 aromatic carbocycles. The lowest BCUT2D eigenvalue weighted by Crippen LogP contribution is -2.34. The van der Waals surface area contributed by atoms with Crippen molar-refractivity contribution < 1.29 is 42.1 Å². The fourth-order valence-corrected chi connectivity index (χ4v) is 4.74. The van der Waals surface area contributed by atoms with E-state index < -0.39 is 30.3 Å². The van der Waals surface area contributed by atoms with Crippen LogP contribution < -0.4 is 5.32 Å². The van der Waals surface area contributed by atoms with E-state index in [2.05, 4.69) is 25.1 Å². The van der Waals surface area contributed by atoms with Crippen molar-refractivity contribution in [3.05, 3.63) is 57.7 Å². The van der Waals surface area contributed by atoms with Crippen LogP contribution >= 0.6 is 22.7 Å². The number of alkyl halides is 3. The largest absolute Gasteiger partial charge is 0.495 e. The summed E-state index contributed by atoms with van der Waals surface area (Å²) in [5.74, 6) is -4.35. The van der Waals surface area contributed by atoms with Crippen molar-refractivity contribution >= 4 is 40.5 Å². The Morgan fingerprint density at radius 1 is 1.16 bits per heavy atom. The molecule has 9 nitrogen and oxygen atoms in total. The van der Waals surface area contributed by atoms with E-state index in [0.29, 0.717) is 17.0 Å². The molecule has 3 aromatic heterocycles. The van der Waals surface area contributed by atoms with Crippen molar-refractivity contribution in [1.82, 2.24) is 15.3 Å². The van der Waals surface area contributed by atoms with E-state index in [9.17, 15) is 27.6 Å². The summed E-state index contributed by atoms with van der Waals surface area (Å²) in [6, 6.07) is 6.99. The molecule has 198 valence electrons. The van der Waals surface area contributed by atoms with Gasteiger partial charge < -0.3 is 10.1 Å². The highest BCUT2D eigenvalue weighted by Gasteiger charge is 2.43. The van der Waals surface area contributed by atoms with Gasteiger partial charge in [0.2, 0.25) is 0 Å². The van der Waals surface area contributed by atoms with Crippen molar-refractivity contribution in [1.29, 1.82) is 0 Å². The molecular formula is C23H22F3N3O6S2. The first-order valence-corrected chi connectivity index (χ1v) is 12.5. The molecule has 3 heterocycles. The summed E-state index contributed by atoms with van der Waals surface area (Å²) >= 11 is 2.94. The normalized spacial score (nSPS) is 12.3. The minimum Gasteiger partial charge on any atom is -0.363 e. The number of nitrogens with one attached hydrogen (secondary N) is 1. The van der Waals surface area contributed by atoms with Crippen molar-refractivity contribution in [3.63, 3.8) is 0 Å². The van der Waals surface area contributed by atoms with Gasteiger partial charge in [-0.15, -0.1) is 22.7 Å². The van der Waals surface area contributed by atoms with Gasteiger partial charge in [-0.1, -0.05) is 6.07 Å². The molecule has 0 bridgehead atoms. The number of aromatic nitrogens is 2. The molecule has 1 atom stereocenters. The third-order valence-corrected chi connectivity index (χ3v) is 6.62. The lowest BCUT2D eigenvalue weighted by molar-refractivity contribution is -0.290. The lowest BCUT2D eigenvalue weighted by Gasteiger charge is -2.18. The van der Waals surface area contributed by atoms with Crippen LogP contribution in [0.3, 0.4) is 0 Å². The Morgan fingerprint density at radius 3 is 2.57 bits per heavy atom. The number of aryl methyl sites for hydroxylation is 1. The highest BCUT2D eigenvalue weighted by Crippen LogP contribution is 2.30. The van der Waals surface area contributed by atoms with Gasteiger partial charge in [-0.2, -0.15) is 13.2 Å². The molecule has 14 heteroatoms. The van der Waals surface area contributed by atoms with Crippen LogP contribution in [0.25, 0.3) is 9.88 Å². The van der Waals surface area contributed by atoms with E-state index in [1.54, 1.807) is 26.0 Å². The minimum absolute atomic E-state index is 0.0569. The molecular weight excluding hydrogens is 535 g/mol. The lowest BCUT2D eigenvalue weighted by atomic mass is 10.1. The zero-order valence-corrected chi connectivity index (χ0v) is 21.5. The monoisotopic (exact) mass is 557 g/mol. The Morgan fingerprint density at radius 2 is 1.92 bits per heavy atom. The number of thiazole rings is 1. The van der Waals surface area contributed by atoms with Gasteiger partial charge in [-0.05, 0) is 49.9 Å². The minimum atomic E-state index is -5.32. The quantitative estimate of drug-likeness (QED) is 0.304. The Balaban J connectivity index is 1.63. The Kier molecular flexibility index (Phi) is 9.34. The fraction of sp³-hybridized carbons (Fsp3) is 0.348. The number of ether oxygens (including phenoxy) is 1. The average Bonchev–Trinajstić information content (AvgIpc) is 3.49. The van der Waals surface area contributed by atoms with Gasteiger partial charge in [-0.25, -0.2) is 24.3 Å². The van der Waals surface area contributed by atoms with E-state index in [1.165, 1.54) is 28.9 Å². The number of hydrogen-bond acceptors (Lipinski definition) is 10. The number of hydrogen-bond donors (Lipinski definition) is 1. The summed E-state index contributed by atoms with van der Waals surface area (Å²) in [7, 11) is 0. The second kappa shape index (κ2) is 12.3. The molecule has 3 rings (SSSR count). The SMILES string of the molecule is Cc1sc(-c2cccs2)nc1C(=O)NCc1cc(CC(OC(C)C)C(=O)OOC(=O)C(F)(F)F)ccn1. The van der Waals surface area contributed by atoms with E-state index in [0.717, 1.165) is 14.8 Å². The summed E-state index contributed by atoms with van der Waals surface area (Å²) in [6.07, 6.45) is -5.83. The topological polar surface area (TPSA) is 117 Å². The van der Waals surface area contributed by atoms with Gasteiger partial charge >= 0.3 is 18.1 Å². The van der Waals surface area contributed by atoms with Crippen LogP contribution in [0.4, 0.5) is 13.2 Å². The zero-order valence-electron chi connectivity index (χ0n) is 19.8. The summed E-state index contributed by atoms with van der Waals surface area (Å²) in [5, 5.41) is 5.43. The number of amides is 1. The molecule has 0 aliphatic carbocycles. The molecule has 0 fully saturated rings. The van der Waals surface area contributed by atoms with Crippen molar-refractivity contribution in [2.24, 2.45) is 0 Å². The van der Waals surface area contributed by atoms with Gasteiger partial charge in [-0.3, -0.25) is 9.78 Å². The molecule has 0 radical (unpaired) electrons. The smallest absolute Gasteiger partial charge is 0.363 e. The summed E-state index contributed by atoms with van der Waals surface area (Å²) in [4.78, 5) is 53.7. The summed E-state index contributed by atoms with van der Waals surface area (Å²) in [6.45, 7) is 5.09. The highest BCUT2D eigenvalue weighted by atomic mass is 32.1. The molecule has 0 aliphatic heterocycles. The number of nitrogens with zero attached hydrogens (tertiary/aromatic N) is 2. The van der Waals surface area contributed by atoms with Crippen LogP contribution in [0.15, 0.2) is 35.8 Å². The maximum Gasteiger partial charge on any atom is 0.495 e. The molecule has 1 amide bonds. The van der Waals surface area contributed by atoms with Gasteiger partial charge in [0.25, 0.3) is 5.91 Å². The third kappa shape index (κ3) is 8.06. The van der Waals surface area contributed by atoms with Crippen LogP contribution in [-0.4, -0.2) is 46.2 Å². The first-order valence-electron chi connectivity index (χ1n) is 10.8. The van der Waals surface area contributed by atoms with Crippen molar-refractivity contribution in [3.8, 4) is 9.88 Å². The first-order chi connectivity index (χ1) is 17.4. The molecule has 1 unspecified atom stereocenters. The standard InChI is InChI=1S/C23H22F3N3O6S2/c1-12(2)33-16(21(31)34-35-22(32)23(24,25)26)10-14-6-7-27-15(9-14)11-28-19(30)18-13(3)37-20(29-18)17-5-4-8-36-17/h4-9,12,16H,10-11H2,1-3H3,(H,28,30). The summed E-state index contributed by atoms with van der Waals surface area (Å²) in [5.41, 5.74) is 1.29. The average molecular weight is 558 g/mol. The maximum atomic E-state index is 12.7. The van der Waals surface area contributed by atoms with Crippen LogP contribution in [-0.2, 0) is 37.1 Å². The molecule has 0 saturated heterocycles. The molecule has 3 aromatic rings. The third-order valence-electron chi connectivity index (χ3n) is 4.61. The van der Waals surface area contributed by atoms with Crippen LogP contribution in [0.1, 0.15) is 40.5 Å². The number of thiophene rings is 1.